The number of nitrogens with zero attached hydrogens (tertiary/aromatic N) is 3. The molecule has 0 bridgehead atoms. The lowest BCUT2D eigenvalue weighted by molar-refractivity contribution is -0.142. The van der Waals surface area contributed by atoms with Crippen molar-refractivity contribution in [3.8, 4) is 0 Å². The molecular formula is C17H26N4O3. The maximum atomic E-state index is 12.7. The Morgan fingerprint density at radius 1 is 1.21 bits per heavy atom. The number of likely N-dealkylation sites (tertiary alicyclic amines) is 1. The maximum absolute atomic E-state index is 12.7. The number of urea groups is 1. The zero-order valence-corrected chi connectivity index (χ0v) is 14.1. The Hall–Kier alpha value is -2.05. The summed E-state index contributed by atoms with van der Waals surface area (Å²) in [5, 5.41) is 16.4. The Morgan fingerprint density at radius 2 is 1.96 bits per heavy atom. The average molecular weight is 334 g/mol. The lowest BCUT2D eigenvalue weighted by Crippen LogP contribution is -2.49. The molecule has 1 aromatic rings. The van der Waals surface area contributed by atoms with Gasteiger partial charge in [0.2, 0.25) is 0 Å². The lowest BCUT2D eigenvalue weighted by Gasteiger charge is -2.37. The van der Waals surface area contributed by atoms with Gasteiger partial charge < -0.3 is 15.3 Å². The molecule has 1 aromatic heterocycles. The summed E-state index contributed by atoms with van der Waals surface area (Å²) in [7, 11) is 1.89. The van der Waals surface area contributed by atoms with Gasteiger partial charge in [-0.1, -0.05) is 0 Å². The normalized spacial score (nSPS) is 27.7. The summed E-state index contributed by atoms with van der Waals surface area (Å²) in [6, 6.07) is 0.148. The second-order valence-electron chi connectivity index (χ2n) is 6.99. The molecule has 3 rings (SSSR count). The summed E-state index contributed by atoms with van der Waals surface area (Å²) < 4.78 is 1.77. The van der Waals surface area contributed by atoms with E-state index in [4.69, 9.17) is 5.11 Å². The van der Waals surface area contributed by atoms with Crippen molar-refractivity contribution in [2.75, 3.05) is 6.54 Å². The van der Waals surface area contributed by atoms with E-state index in [9.17, 15) is 9.59 Å². The molecule has 1 saturated carbocycles. The van der Waals surface area contributed by atoms with Crippen LogP contribution in [-0.2, 0) is 11.8 Å². The molecular weight excluding hydrogens is 308 g/mol. The summed E-state index contributed by atoms with van der Waals surface area (Å²) >= 11 is 0. The van der Waals surface area contributed by atoms with Crippen molar-refractivity contribution in [3.05, 3.63) is 18.0 Å². The predicted octanol–water partition coefficient (Wildman–Crippen LogP) is 2.30. The molecule has 7 heteroatoms. The van der Waals surface area contributed by atoms with Crippen molar-refractivity contribution >= 4 is 12.0 Å². The number of nitrogens with one attached hydrogen (secondary N) is 1. The van der Waals surface area contributed by atoms with Crippen LogP contribution in [0.25, 0.3) is 0 Å². The smallest absolute Gasteiger partial charge is 0.318 e. The molecule has 7 nitrogen and oxygen atoms in total. The number of carbonyl (C=O) groups excluding carboxylic acids is 1. The minimum atomic E-state index is -0.715. The van der Waals surface area contributed by atoms with E-state index in [1.54, 1.807) is 4.68 Å². The molecule has 1 atom stereocenters. The van der Waals surface area contributed by atoms with E-state index in [0.29, 0.717) is 12.8 Å². The zero-order chi connectivity index (χ0) is 17.1. The van der Waals surface area contributed by atoms with Gasteiger partial charge in [0.15, 0.2) is 0 Å². The minimum Gasteiger partial charge on any atom is -0.481 e. The van der Waals surface area contributed by atoms with Gasteiger partial charge in [-0.15, -0.1) is 0 Å². The van der Waals surface area contributed by atoms with E-state index in [2.05, 4.69) is 10.4 Å². The van der Waals surface area contributed by atoms with Crippen molar-refractivity contribution in [2.24, 2.45) is 13.0 Å². The van der Waals surface area contributed by atoms with Crippen molar-refractivity contribution in [1.82, 2.24) is 20.0 Å². The van der Waals surface area contributed by atoms with Gasteiger partial charge in [0.25, 0.3) is 0 Å². The standard InChI is InChI=1S/C17H26N4O3/c1-20-11-13(10-18-20)15-4-2-3-9-21(15)17(24)19-14-7-5-12(6-8-14)16(22)23/h10-12,14-15H,2-9H2,1H3,(H,19,24)(H,22,23). The maximum Gasteiger partial charge on any atom is 0.318 e. The zero-order valence-electron chi connectivity index (χ0n) is 14.1. The Bertz CT molecular complexity index is 592. The Kier molecular flexibility index (Phi) is 5.06. The fourth-order valence-electron chi connectivity index (χ4n) is 3.88. The molecule has 1 saturated heterocycles. The van der Waals surface area contributed by atoms with Gasteiger partial charge in [0.1, 0.15) is 0 Å². The molecule has 1 aliphatic carbocycles. The van der Waals surface area contributed by atoms with Crippen LogP contribution in [0.1, 0.15) is 56.6 Å². The van der Waals surface area contributed by atoms with E-state index in [-0.39, 0.29) is 24.0 Å². The van der Waals surface area contributed by atoms with Gasteiger partial charge in [0.05, 0.1) is 18.2 Å². The SMILES string of the molecule is Cn1cc(C2CCCCN2C(=O)NC2CCC(C(=O)O)CC2)cn1. The highest BCUT2D eigenvalue weighted by atomic mass is 16.4. The highest BCUT2D eigenvalue weighted by molar-refractivity contribution is 5.75. The van der Waals surface area contributed by atoms with Crippen LogP contribution in [-0.4, -0.2) is 44.4 Å². The number of carboxylic acid groups (broad SMARTS) is 1. The number of hydrogen-bond acceptors (Lipinski definition) is 3. The van der Waals surface area contributed by atoms with Crippen LogP contribution in [0.2, 0.25) is 0 Å². The summed E-state index contributed by atoms with van der Waals surface area (Å²) in [5.41, 5.74) is 1.09. The highest BCUT2D eigenvalue weighted by Gasteiger charge is 2.32. The lowest BCUT2D eigenvalue weighted by atomic mass is 9.86. The van der Waals surface area contributed by atoms with Gasteiger partial charge in [0, 0.05) is 31.4 Å². The van der Waals surface area contributed by atoms with Crippen LogP contribution in [0.4, 0.5) is 4.79 Å². The van der Waals surface area contributed by atoms with Gasteiger partial charge in [-0.2, -0.15) is 5.10 Å². The molecule has 2 amide bonds. The summed E-state index contributed by atoms with van der Waals surface area (Å²) in [4.78, 5) is 25.7. The number of piperidine rings is 1. The largest absolute Gasteiger partial charge is 0.481 e. The number of aliphatic carboxylic acids is 1. The summed E-state index contributed by atoms with van der Waals surface area (Å²) in [6.07, 6.45) is 9.71. The van der Waals surface area contributed by atoms with Gasteiger partial charge in [-0.3, -0.25) is 9.48 Å². The van der Waals surface area contributed by atoms with Crippen LogP contribution in [0, 0.1) is 5.92 Å². The van der Waals surface area contributed by atoms with Gasteiger partial charge >= 0.3 is 12.0 Å². The molecule has 2 heterocycles. The van der Waals surface area contributed by atoms with Crippen molar-refractivity contribution in [3.63, 3.8) is 0 Å². The van der Waals surface area contributed by atoms with Crippen LogP contribution in [0.5, 0.6) is 0 Å². The quantitative estimate of drug-likeness (QED) is 0.888. The third-order valence-corrected chi connectivity index (χ3v) is 5.28. The first-order valence-corrected chi connectivity index (χ1v) is 8.83. The predicted molar refractivity (Wildman–Crippen MR) is 88.4 cm³/mol. The van der Waals surface area contributed by atoms with Crippen LogP contribution in [0.15, 0.2) is 12.4 Å². The Balaban J connectivity index is 1.60. The molecule has 132 valence electrons. The van der Waals surface area contributed by atoms with Gasteiger partial charge in [-0.25, -0.2) is 4.79 Å². The second-order valence-corrected chi connectivity index (χ2v) is 6.99. The molecule has 2 N–H and O–H groups in total. The molecule has 2 fully saturated rings. The van der Waals surface area contributed by atoms with Crippen molar-refractivity contribution < 1.29 is 14.7 Å². The van der Waals surface area contributed by atoms with Crippen LogP contribution in [0.3, 0.4) is 0 Å². The monoisotopic (exact) mass is 334 g/mol. The minimum absolute atomic E-state index is 0.0256. The number of hydrogen-bond donors (Lipinski definition) is 2. The third-order valence-electron chi connectivity index (χ3n) is 5.28. The molecule has 2 aliphatic rings. The average Bonchev–Trinajstić information content (AvgIpc) is 3.01. The number of aryl methyl sites for hydroxylation is 1. The summed E-state index contributed by atoms with van der Waals surface area (Å²) in [5.74, 6) is -0.969. The number of carbonyl (C=O) groups is 2. The number of carboxylic acids is 1. The molecule has 0 spiro atoms. The summed E-state index contributed by atoms with van der Waals surface area (Å²) in [6.45, 7) is 0.760. The number of rotatable bonds is 3. The molecule has 24 heavy (non-hydrogen) atoms. The van der Waals surface area contributed by atoms with Gasteiger partial charge in [-0.05, 0) is 44.9 Å². The van der Waals surface area contributed by atoms with E-state index >= 15 is 0 Å². The Labute approximate surface area is 142 Å². The van der Waals surface area contributed by atoms with Crippen LogP contribution >= 0.6 is 0 Å². The fourth-order valence-corrected chi connectivity index (χ4v) is 3.88. The molecule has 1 aliphatic heterocycles. The van der Waals surface area contributed by atoms with Crippen LogP contribution < -0.4 is 5.32 Å². The van der Waals surface area contributed by atoms with Crippen molar-refractivity contribution in [2.45, 2.75) is 57.0 Å². The second kappa shape index (κ2) is 7.23. The fraction of sp³-hybridized carbons (Fsp3) is 0.706. The first-order valence-electron chi connectivity index (χ1n) is 8.83. The number of aromatic nitrogens is 2. The van der Waals surface area contributed by atoms with E-state index in [1.165, 1.54) is 0 Å². The number of amides is 2. The molecule has 1 unspecified atom stereocenters. The molecule has 0 radical (unpaired) electrons. The highest BCUT2D eigenvalue weighted by Crippen LogP contribution is 2.31. The van der Waals surface area contributed by atoms with Crippen molar-refractivity contribution in [1.29, 1.82) is 0 Å². The van der Waals surface area contributed by atoms with E-state index in [0.717, 1.165) is 44.2 Å². The molecule has 0 aromatic carbocycles. The van der Waals surface area contributed by atoms with E-state index in [1.807, 2.05) is 24.3 Å². The first kappa shape index (κ1) is 16.8. The van der Waals surface area contributed by atoms with E-state index < -0.39 is 5.97 Å². The topological polar surface area (TPSA) is 87.5 Å². The first-order chi connectivity index (χ1) is 11.5. The third kappa shape index (κ3) is 3.71. The Morgan fingerprint density at radius 3 is 2.58 bits per heavy atom.